The Kier molecular flexibility index (Phi) is 6.52. The lowest BCUT2D eigenvalue weighted by Crippen LogP contribution is -2.23. The van der Waals surface area contributed by atoms with Crippen molar-refractivity contribution in [2.75, 3.05) is 0 Å². The second kappa shape index (κ2) is 9.67. The first-order chi connectivity index (χ1) is 15.5. The summed E-state index contributed by atoms with van der Waals surface area (Å²) in [4.78, 5) is 32.7. The number of hydrogen-bond donors (Lipinski definition) is 1. The minimum absolute atomic E-state index is 0.0957. The molecule has 0 unspecified atom stereocenters. The van der Waals surface area contributed by atoms with Gasteiger partial charge in [-0.3, -0.25) is 19.9 Å². The molecular weight excluding hydrogens is 451 g/mol. The van der Waals surface area contributed by atoms with Crippen LogP contribution in [0.3, 0.4) is 0 Å². The Bertz CT molecular complexity index is 1280. The highest BCUT2D eigenvalue weighted by molar-refractivity contribution is 7.99. The summed E-state index contributed by atoms with van der Waals surface area (Å²) in [5.74, 6) is -0.943. The monoisotopic (exact) mass is 466 g/mol. The van der Waals surface area contributed by atoms with Crippen LogP contribution in [0.2, 0.25) is 0 Å². The van der Waals surface area contributed by atoms with Crippen LogP contribution in [0.15, 0.2) is 82.2 Å². The third kappa shape index (κ3) is 4.98. The lowest BCUT2D eigenvalue weighted by atomic mass is 10.2. The predicted molar refractivity (Wildman–Crippen MR) is 120 cm³/mol. The lowest BCUT2D eigenvalue weighted by molar-refractivity contribution is -0.384. The van der Waals surface area contributed by atoms with E-state index in [0.29, 0.717) is 14.8 Å². The number of carbonyl (C=O) groups excluding carboxylic acids is 1. The summed E-state index contributed by atoms with van der Waals surface area (Å²) >= 11 is 2.42. The quantitative estimate of drug-likeness (QED) is 0.292. The second-order valence-corrected chi connectivity index (χ2v) is 8.54. The summed E-state index contributed by atoms with van der Waals surface area (Å²) in [7, 11) is 0. The summed E-state index contributed by atoms with van der Waals surface area (Å²) < 4.78 is 14.1. The van der Waals surface area contributed by atoms with Gasteiger partial charge in [-0.05, 0) is 30.3 Å². The van der Waals surface area contributed by atoms with Gasteiger partial charge in [-0.1, -0.05) is 23.9 Å². The molecule has 10 heteroatoms. The maximum atomic E-state index is 14.1. The number of nitro benzene ring substituents is 1. The number of aromatic nitrogens is 2. The number of benzene rings is 2. The number of halogens is 1. The van der Waals surface area contributed by atoms with Gasteiger partial charge in [-0.15, -0.1) is 11.3 Å². The molecule has 4 rings (SSSR count). The van der Waals surface area contributed by atoms with Crippen molar-refractivity contribution in [2.24, 2.45) is 0 Å². The molecule has 2 aromatic heterocycles. The zero-order chi connectivity index (χ0) is 22.5. The number of nitrogens with one attached hydrogen (secondary N) is 1. The molecular formula is C22H15FN4O3S2. The molecule has 0 aliphatic rings. The van der Waals surface area contributed by atoms with Gasteiger partial charge in [0, 0.05) is 45.3 Å². The van der Waals surface area contributed by atoms with Crippen molar-refractivity contribution in [3.63, 3.8) is 0 Å². The number of thiazole rings is 1. The third-order valence-corrected chi connectivity index (χ3v) is 6.38. The van der Waals surface area contributed by atoms with E-state index in [2.05, 4.69) is 15.3 Å². The van der Waals surface area contributed by atoms with Gasteiger partial charge in [0.25, 0.3) is 11.6 Å². The molecule has 0 aliphatic carbocycles. The Labute approximate surface area is 190 Å². The van der Waals surface area contributed by atoms with Crippen molar-refractivity contribution in [3.8, 4) is 11.3 Å². The number of amides is 1. The van der Waals surface area contributed by atoms with E-state index in [0.717, 1.165) is 23.0 Å². The summed E-state index contributed by atoms with van der Waals surface area (Å²) in [5.41, 5.74) is 1.56. The van der Waals surface area contributed by atoms with E-state index in [9.17, 15) is 19.3 Å². The maximum Gasteiger partial charge on any atom is 0.270 e. The second-order valence-electron chi connectivity index (χ2n) is 6.52. The number of carbonyl (C=O) groups is 1. The standard InChI is InChI=1S/C22H15FN4O3S2/c23-17-3-1-2-4-20(17)32-19-6-5-15(27(29)30)11-16(19)22(28)25-12-21-26-18(13-31-21)14-7-9-24-10-8-14/h1-11,13H,12H2,(H,25,28). The number of nitrogens with zero attached hydrogens (tertiary/aromatic N) is 3. The molecule has 2 heterocycles. The van der Waals surface area contributed by atoms with Gasteiger partial charge < -0.3 is 5.32 Å². The topological polar surface area (TPSA) is 98.0 Å². The number of rotatable bonds is 7. The molecule has 1 amide bonds. The lowest BCUT2D eigenvalue weighted by Gasteiger charge is -2.10. The van der Waals surface area contributed by atoms with Crippen LogP contribution in [0.5, 0.6) is 0 Å². The van der Waals surface area contributed by atoms with Crippen molar-refractivity contribution in [1.82, 2.24) is 15.3 Å². The Morgan fingerprint density at radius 2 is 1.91 bits per heavy atom. The number of nitro groups is 1. The summed E-state index contributed by atoms with van der Waals surface area (Å²) in [6.07, 6.45) is 3.35. The van der Waals surface area contributed by atoms with E-state index >= 15 is 0 Å². The molecule has 0 saturated carbocycles. The molecule has 0 atom stereocenters. The van der Waals surface area contributed by atoms with Gasteiger partial charge in [0.15, 0.2) is 0 Å². The maximum absolute atomic E-state index is 14.1. The highest BCUT2D eigenvalue weighted by Gasteiger charge is 2.19. The molecule has 0 bridgehead atoms. The predicted octanol–water partition coefficient (Wildman–Crippen LogP) is 5.33. The first kappa shape index (κ1) is 21.6. The fourth-order valence-electron chi connectivity index (χ4n) is 2.84. The first-order valence-corrected chi connectivity index (χ1v) is 11.0. The SMILES string of the molecule is O=C(NCc1nc(-c2ccncc2)cs1)c1cc([N+](=O)[O-])ccc1Sc1ccccc1F. The molecule has 0 saturated heterocycles. The molecule has 7 nitrogen and oxygen atoms in total. The molecule has 160 valence electrons. The van der Waals surface area contributed by atoms with Gasteiger partial charge in [-0.2, -0.15) is 0 Å². The van der Waals surface area contributed by atoms with Crippen LogP contribution in [0.1, 0.15) is 15.4 Å². The molecule has 4 aromatic rings. The van der Waals surface area contributed by atoms with Gasteiger partial charge in [-0.25, -0.2) is 9.37 Å². The van der Waals surface area contributed by atoms with Crippen LogP contribution in [0.4, 0.5) is 10.1 Å². The first-order valence-electron chi connectivity index (χ1n) is 9.35. The van der Waals surface area contributed by atoms with Crippen LogP contribution in [-0.4, -0.2) is 20.8 Å². The van der Waals surface area contributed by atoms with E-state index in [-0.39, 0.29) is 17.8 Å². The van der Waals surface area contributed by atoms with Crippen molar-refractivity contribution in [2.45, 2.75) is 16.3 Å². The summed E-state index contributed by atoms with van der Waals surface area (Å²) in [6.45, 7) is 0.154. The van der Waals surface area contributed by atoms with Crippen LogP contribution in [-0.2, 0) is 6.54 Å². The molecule has 2 aromatic carbocycles. The zero-order valence-electron chi connectivity index (χ0n) is 16.4. The number of non-ortho nitro benzene ring substituents is 1. The van der Waals surface area contributed by atoms with Crippen molar-refractivity contribution >= 4 is 34.7 Å². The molecule has 0 spiro atoms. The van der Waals surface area contributed by atoms with E-state index < -0.39 is 16.6 Å². The number of hydrogen-bond acceptors (Lipinski definition) is 7. The van der Waals surface area contributed by atoms with Gasteiger partial charge in [0.05, 0.1) is 22.7 Å². The molecule has 32 heavy (non-hydrogen) atoms. The van der Waals surface area contributed by atoms with E-state index in [1.165, 1.54) is 35.6 Å². The Balaban J connectivity index is 1.54. The van der Waals surface area contributed by atoms with Crippen molar-refractivity contribution < 1.29 is 14.1 Å². The Morgan fingerprint density at radius 1 is 1.12 bits per heavy atom. The third-order valence-electron chi connectivity index (χ3n) is 4.40. The average Bonchev–Trinajstić information content (AvgIpc) is 3.29. The smallest absolute Gasteiger partial charge is 0.270 e. The highest BCUT2D eigenvalue weighted by atomic mass is 32.2. The van der Waals surface area contributed by atoms with Gasteiger partial charge in [0.2, 0.25) is 0 Å². The van der Waals surface area contributed by atoms with Crippen molar-refractivity contribution in [3.05, 3.63) is 98.9 Å². The average molecular weight is 467 g/mol. The van der Waals surface area contributed by atoms with Crippen LogP contribution >= 0.6 is 23.1 Å². The molecule has 0 fully saturated rings. The summed E-state index contributed by atoms with van der Waals surface area (Å²) in [5, 5.41) is 16.5. The zero-order valence-corrected chi connectivity index (χ0v) is 18.0. The Morgan fingerprint density at radius 3 is 2.66 bits per heavy atom. The molecule has 0 aliphatic heterocycles. The van der Waals surface area contributed by atoms with Crippen LogP contribution in [0, 0.1) is 15.9 Å². The summed E-state index contributed by atoms with van der Waals surface area (Å²) in [6, 6.07) is 13.8. The van der Waals surface area contributed by atoms with E-state index in [1.54, 1.807) is 30.6 Å². The normalized spacial score (nSPS) is 10.7. The van der Waals surface area contributed by atoms with Crippen LogP contribution in [0.25, 0.3) is 11.3 Å². The largest absolute Gasteiger partial charge is 0.345 e. The fraction of sp³-hybridized carbons (Fsp3) is 0.0455. The number of pyridine rings is 1. The molecule has 1 N–H and O–H groups in total. The Hall–Kier alpha value is -3.63. The van der Waals surface area contributed by atoms with Gasteiger partial charge >= 0.3 is 0 Å². The van der Waals surface area contributed by atoms with E-state index in [4.69, 9.17) is 0 Å². The minimum atomic E-state index is -0.573. The van der Waals surface area contributed by atoms with Gasteiger partial charge in [0.1, 0.15) is 10.8 Å². The highest BCUT2D eigenvalue weighted by Crippen LogP contribution is 2.34. The minimum Gasteiger partial charge on any atom is -0.345 e. The molecule has 0 radical (unpaired) electrons. The van der Waals surface area contributed by atoms with E-state index in [1.807, 2.05) is 17.5 Å². The van der Waals surface area contributed by atoms with Crippen molar-refractivity contribution in [1.29, 1.82) is 0 Å². The van der Waals surface area contributed by atoms with Crippen LogP contribution < -0.4 is 5.32 Å². The fourth-order valence-corrected chi connectivity index (χ4v) is 4.53.